The van der Waals surface area contributed by atoms with Crippen LogP contribution in [0.4, 0.5) is 13.2 Å². The SMILES string of the molecule is Cc1nc2c(C(F)(F)F)c(OC3CCN(C)C3)ccc2[nH]1. The molecule has 1 aliphatic heterocycles. The molecule has 0 aliphatic carbocycles. The van der Waals surface area contributed by atoms with Crippen LogP contribution in [0.1, 0.15) is 17.8 Å². The zero-order valence-corrected chi connectivity index (χ0v) is 11.8. The molecule has 21 heavy (non-hydrogen) atoms. The van der Waals surface area contributed by atoms with Crippen molar-refractivity contribution in [2.24, 2.45) is 0 Å². The minimum Gasteiger partial charge on any atom is -0.488 e. The number of nitrogens with one attached hydrogen (secondary N) is 1. The molecule has 0 spiro atoms. The Kier molecular flexibility index (Phi) is 3.32. The van der Waals surface area contributed by atoms with Gasteiger partial charge in [-0.1, -0.05) is 0 Å². The van der Waals surface area contributed by atoms with Gasteiger partial charge in [-0.2, -0.15) is 13.2 Å². The maximum absolute atomic E-state index is 13.4. The number of aromatic amines is 1. The Bertz CT molecular complexity index is 665. The summed E-state index contributed by atoms with van der Waals surface area (Å²) in [5.74, 6) is 0.315. The first-order chi connectivity index (χ1) is 9.84. The second-order valence-corrected chi connectivity index (χ2v) is 5.45. The van der Waals surface area contributed by atoms with Crippen LogP contribution in [0.15, 0.2) is 12.1 Å². The highest BCUT2D eigenvalue weighted by atomic mass is 19.4. The fraction of sp³-hybridized carbons (Fsp3) is 0.500. The van der Waals surface area contributed by atoms with Gasteiger partial charge in [0.1, 0.15) is 28.8 Å². The average Bonchev–Trinajstić information content (AvgIpc) is 2.92. The second-order valence-electron chi connectivity index (χ2n) is 5.45. The summed E-state index contributed by atoms with van der Waals surface area (Å²) in [6, 6.07) is 2.96. The molecule has 2 heterocycles. The van der Waals surface area contributed by atoms with E-state index in [1.54, 1.807) is 13.0 Å². The van der Waals surface area contributed by atoms with E-state index in [1.165, 1.54) is 6.07 Å². The van der Waals surface area contributed by atoms with E-state index in [1.807, 2.05) is 11.9 Å². The van der Waals surface area contributed by atoms with Gasteiger partial charge in [-0.25, -0.2) is 4.98 Å². The Balaban J connectivity index is 2.04. The highest BCUT2D eigenvalue weighted by molar-refractivity contribution is 5.82. The van der Waals surface area contributed by atoms with Gasteiger partial charge in [-0.05, 0) is 32.5 Å². The number of halogens is 3. The maximum Gasteiger partial charge on any atom is 0.422 e. The Morgan fingerprint density at radius 2 is 2.14 bits per heavy atom. The smallest absolute Gasteiger partial charge is 0.422 e. The predicted octanol–water partition coefficient (Wildman–Crippen LogP) is 2.97. The van der Waals surface area contributed by atoms with Crippen molar-refractivity contribution in [3.63, 3.8) is 0 Å². The van der Waals surface area contributed by atoms with E-state index in [0.29, 0.717) is 17.9 Å². The number of rotatable bonds is 2. The van der Waals surface area contributed by atoms with E-state index < -0.39 is 11.7 Å². The second kappa shape index (κ2) is 4.91. The minimum atomic E-state index is -4.50. The Hall–Kier alpha value is -1.76. The molecule has 1 atom stereocenters. The fourth-order valence-electron chi connectivity index (χ4n) is 2.72. The van der Waals surface area contributed by atoms with Crippen LogP contribution in [0, 0.1) is 6.92 Å². The minimum absolute atomic E-state index is 0.0798. The van der Waals surface area contributed by atoms with Crippen LogP contribution >= 0.6 is 0 Å². The van der Waals surface area contributed by atoms with Crippen molar-refractivity contribution in [3.8, 4) is 5.75 Å². The first kappa shape index (κ1) is 14.2. The number of likely N-dealkylation sites (tertiary alicyclic amines) is 1. The summed E-state index contributed by atoms with van der Waals surface area (Å²) < 4.78 is 45.8. The van der Waals surface area contributed by atoms with Crippen LogP contribution in [-0.4, -0.2) is 41.1 Å². The van der Waals surface area contributed by atoms with Crippen molar-refractivity contribution < 1.29 is 17.9 Å². The van der Waals surface area contributed by atoms with Crippen LogP contribution < -0.4 is 4.74 Å². The van der Waals surface area contributed by atoms with E-state index in [4.69, 9.17) is 4.74 Å². The highest BCUT2D eigenvalue weighted by Crippen LogP contribution is 2.41. The van der Waals surface area contributed by atoms with E-state index >= 15 is 0 Å². The lowest BCUT2D eigenvalue weighted by molar-refractivity contribution is -0.138. The van der Waals surface area contributed by atoms with Crippen LogP contribution in [0.3, 0.4) is 0 Å². The lowest BCUT2D eigenvalue weighted by atomic mass is 10.1. The van der Waals surface area contributed by atoms with Gasteiger partial charge in [-0.15, -0.1) is 0 Å². The summed E-state index contributed by atoms with van der Waals surface area (Å²) in [4.78, 5) is 8.82. The van der Waals surface area contributed by atoms with Crippen LogP contribution in [0.2, 0.25) is 0 Å². The molecular weight excluding hydrogens is 283 g/mol. The number of aryl methyl sites for hydroxylation is 1. The summed E-state index contributed by atoms with van der Waals surface area (Å²) in [7, 11) is 1.92. The number of ether oxygens (including phenoxy) is 1. The fourth-order valence-corrected chi connectivity index (χ4v) is 2.72. The molecule has 2 aromatic rings. The molecule has 4 nitrogen and oxygen atoms in total. The summed E-state index contributed by atoms with van der Waals surface area (Å²) in [5, 5.41) is 0. The molecule has 3 rings (SSSR count). The first-order valence-electron chi connectivity index (χ1n) is 6.76. The third kappa shape index (κ3) is 2.70. The Labute approximate surface area is 119 Å². The molecule has 1 aromatic carbocycles. The summed E-state index contributed by atoms with van der Waals surface area (Å²) in [5.41, 5.74) is -0.501. The third-order valence-corrected chi connectivity index (χ3v) is 3.66. The molecule has 1 fully saturated rings. The number of hydrogen-bond donors (Lipinski definition) is 1. The number of likely N-dealkylation sites (N-methyl/N-ethyl adjacent to an activating group) is 1. The zero-order valence-electron chi connectivity index (χ0n) is 11.8. The number of H-pyrrole nitrogens is 1. The maximum atomic E-state index is 13.4. The van der Waals surface area contributed by atoms with Crippen LogP contribution in [0.25, 0.3) is 11.0 Å². The molecule has 0 amide bonds. The van der Waals surface area contributed by atoms with Crippen molar-refractivity contribution in [2.75, 3.05) is 20.1 Å². The molecule has 0 bridgehead atoms. The van der Waals surface area contributed by atoms with E-state index in [2.05, 4.69) is 9.97 Å². The van der Waals surface area contributed by atoms with Crippen molar-refractivity contribution in [1.29, 1.82) is 0 Å². The van der Waals surface area contributed by atoms with Crippen LogP contribution in [0.5, 0.6) is 5.75 Å². The molecule has 1 aliphatic rings. The van der Waals surface area contributed by atoms with Crippen molar-refractivity contribution >= 4 is 11.0 Å². The van der Waals surface area contributed by atoms with Gasteiger partial charge in [0.2, 0.25) is 0 Å². The molecule has 114 valence electrons. The van der Waals surface area contributed by atoms with Gasteiger partial charge in [0.05, 0.1) is 5.52 Å². The quantitative estimate of drug-likeness (QED) is 0.927. The first-order valence-corrected chi connectivity index (χ1v) is 6.76. The van der Waals surface area contributed by atoms with Crippen molar-refractivity contribution in [1.82, 2.24) is 14.9 Å². The highest BCUT2D eigenvalue weighted by Gasteiger charge is 2.38. The monoisotopic (exact) mass is 299 g/mol. The Morgan fingerprint density at radius 1 is 1.38 bits per heavy atom. The molecule has 1 aromatic heterocycles. The molecule has 1 unspecified atom stereocenters. The number of benzene rings is 1. The van der Waals surface area contributed by atoms with Crippen molar-refractivity contribution in [3.05, 3.63) is 23.5 Å². The molecule has 0 saturated carbocycles. The largest absolute Gasteiger partial charge is 0.488 e. The predicted molar refractivity (Wildman–Crippen MR) is 72.4 cm³/mol. The van der Waals surface area contributed by atoms with Gasteiger partial charge < -0.3 is 14.6 Å². The number of fused-ring (bicyclic) bond motifs is 1. The molecule has 1 saturated heterocycles. The van der Waals surface area contributed by atoms with E-state index in [0.717, 1.165) is 13.0 Å². The summed E-state index contributed by atoms with van der Waals surface area (Å²) >= 11 is 0. The lowest BCUT2D eigenvalue weighted by Crippen LogP contribution is -2.23. The van der Waals surface area contributed by atoms with Crippen LogP contribution in [-0.2, 0) is 6.18 Å². The lowest BCUT2D eigenvalue weighted by Gasteiger charge is -2.18. The zero-order chi connectivity index (χ0) is 15.2. The summed E-state index contributed by atoms with van der Waals surface area (Å²) in [6.07, 6.45) is -3.99. The number of aromatic nitrogens is 2. The Morgan fingerprint density at radius 3 is 2.76 bits per heavy atom. The topological polar surface area (TPSA) is 41.1 Å². The van der Waals surface area contributed by atoms with Crippen molar-refractivity contribution in [2.45, 2.75) is 25.6 Å². The third-order valence-electron chi connectivity index (χ3n) is 3.66. The van der Waals surface area contributed by atoms with E-state index in [9.17, 15) is 13.2 Å². The summed E-state index contributed by atoms with van der Waals surface area (Å²) in [6.45, 7) is 3.09. The normalized spacial score (nSPS) is 20.3. The standard InChI is InChI=1S/C14H16F3N3O/c1-8-18-10-3-4-11(21-9-5-6-20(2)7-9)12(13(10)19-8)14(15,16)17/h3-4,9H,5-7H2,1-2H3,(H,18,19). The van der Waals surface area contributed by atoms with Gasteiger partial charge >= 0.3 is 6.18 Å². The average molecular weight is 299 g/mol. The molecule has 1 N–H and O–H groups in total. The number of alkyl halides is 3. The number of imidazole rings is 1. The van der Waals surface area contributed by atoms with Gasteiger partial charge in [0, 0.05) is 13.1 Å². The number of hydrogen-bond acceptors (Lipinski definition) is 3. The molecule has 7 heteroatoms. The van der Waals surface area contributed by atoms with Gasteiger partial charge in [0.15, 0.2) is 0 Å². The van der Waals surface area contributed by atoms with Gasteiger partial charge in [0.25, 0.3) is 0 Å². The number of nitrogens with zero attached hydrogens (tertiary/aromatic N) is 2. The van der Waals surface area contributed by atoms with E-state index in [-0.39, 0.29) is 17.4 Å². The molecular formula is C14H16F3N3O. The van der Waals surface area contributed by atoms with Gasteiger partial charge in [-0.3, -0.25) is 0 Å². The molecule has 0 radical (unpaired) electrons.